The largest absolute Gasteiger partial charge is 0.396 e. The van der Waals surface area contributed by atoms with Crippen LogP contribution in [0.25, 0.3) is 0 Å². The number of rotatable bonds is 3. The third-order valence-corrected chi connectivity index (χ3v) is 3.78. The highest BCUT2D eigenvalue weighted by atomic mass is 79.9. The molecule has 1 saturated carbocycles. The van der Waals surface area contributed by atoms with Crippen molar-refractivity contribution in [1.29, 1.82) is 0 Å². The molecule has 2 rings (SSSR count). The van der Waals surface area contributed by atoms with Gasteiger partial charge in [-0.25, -0.2) is 9.97 Å². The van der Waals surface area contributed by atoms with Crippen molar-refractivity contribution in [3.05, 3.63) is 16.9 Å². The molecule has 4 nitrogen and oxygen atoms in total. The first kappa shape index (κ1) is 11.8. The maximum atomic E-state index is 9.43. The summed E-state index contributed by atoms with van der Waals surface area (Å²) in [6, 6.07) is 0.263. The number of aliphatic hydroxyl groups is 1. The van der Waals surface area contributed by atoms with E-state index in [1.807, 2.05) is 0 Å². The molecule has 2 atom stereocenters. The molecular formula is C11H16BrN3O. The molecule has 0 spiro atoms. The Balaban J connectivity index is 2.07. The fraction of sp³-hybridized carbons (Fsp3) is 0.636. The maximum absolute atomic E-state index is 9.43. The molecule has 0 bridgehead atoms. The van der Waals surface area contributed by atoms with E-state index < -0.39 is 0 Å². The predicted octanol–water partition coefficient (Wildman–Crippen LogP) is 2.20. The third kappa shape index (κ3) is 2.35. The van der Waals surface area contributed by atoms with Gasteiger partial charge in [0.05, 0.1) is 11.1 Å². The smallest absolute Gasteiger partial charge is 0.222 e. The molecule has 1 aromatic heterocycles. The van der Waals surface area contributed by atoms with E-state index in [0.29, 0.717) is 5.95 Å². The van der Waals surface area contributed by atoms with Gasteiger partial charge in [-0.2, -0.15) is 0 Å². The van der Waals surface area contributed by atoms with Gasteiger partial charge in [0, 0.05) is 23.9 Å². The number of anilines is 1. The number of hydrogen-bond acceptors (Lipinski definition) is 4. The molecule has 1 fully saturated rings. The average molecular weight is 286 g/mol. The van der Waals surface area contributed by atoms with Crippen LogP contribution in [0.5, 0.6) is 0 Å². The van der Waals surface area contributed by atoms with Crippen molar-refractivity contribution in [1.82, 2.24) is 9.97 Å². The second-order valence-corrected chi connectivity index (χ2v) is 5.54. The summed E-state index contributed by atoms with van der Waals surface area (Å²) in [5.41, 5.74) is -0.0452. The SMILES string of the molecule is C[C@]1(CO)CCC[C@@H]1Nc1ncc(Br)cn1. The Kier molecular flexibility index (Phi) is 3.44. The van der Waals surface area contributed by atoms with E-state index in [0.717, 1.165) is 23.7 Å². The van der Waals surface area contributed by atoms with E-state index in [9.17, 15) is 5.11 Å². The predicted molar refractivity (Wildman–Crippen MR) is 66.2 cm³/mol. The van der Waals surface area contributed by atoms with Crippen molar-refractivity contribution in [3.63, 3.8) is 0 Å². The maximum Gasteiger partial charge on any atom is 0.222 e. The van der Waals surface area contributed by atoms with Crippen molar-refractivity contribution >= 4 is 21.9 Å². The summed E-state index contributed by atoms with van der Waals surface area (Å²) in [5, 5.41) is 12.7. The van der Waals surface area contributed by atoms with Crippen LogP contribution in [0.4, 0.5) is 5.95 Å². The molecular weight excluding hydrogens is 270 g/mol. The van der Waals surface area contributed by atoms with Crippen molar-refractivity contribution in [3.8, 4) is 0 Å². The van der Waals surface area contributed by atoms with E-state index in [-0.39, 0.29) is 18.1 Å². The minimum absolute atomic E-state index is 0.0452. The third-order valence-electron chi connectivity index (χ3n) is 3.37. The summed E-state index contributed by atoms with van der Waals surface area (Å²) in [6.45, 7) is 2.32. The Morgan fingerprint density at radius 3 is 2.88 bits per heavy atom. The van der Waals surface area contributed by atoms with Gasteiger partial charge in [0.25, 0.3) is 0 Å². The zero-order valence-electron chi connectivity index (χ0n) is 9.28. The molecule has 0 aliphatic heterocycles. The lowest BCUT2D eigenvalue weighted by Gasteiger charge is -2.29. The van der Waals surface area contributed by atoms with Gasteiger partial charge in [0.15, 0.2) is 0 Å². The van der Waals surface area contributed by atoms with Gasteiger partial charge in [-0.3, -0.25) is 0 Å². The van der Waals surface area contributed by atoms with E-state index >= 15 is 0 Å². The van der Waals surface area contributed by atoms with Crippen molar-refractivity contribution in [2.24, 2.45) is 5.41 Å². The molecule has 2 N–H and O–H groups in total. The first-order chi connectivity index (χ1) is 7.64. The highest BCUT2D eigenvalue weighted by molar-refractivity contribution is 9.10. The standard InChI is InChI=1S/C11H16BrN3O/c1-11(7-16)4-2-3-9(11)15-10-13-5-8(12)6-14-10/h5-6,9,16H,2-4,7H2,1H3,(H,13,14,15)/t9-,11+/m0/s1. The van der Waals surface area contributed by atoms with E-state index in [1.165, 1.54) is 0 Å². The average Bonchev–Trinajstić information content (AvgIpc) is 2.65. The molecule has 1 heterocycles. The fourth-order valence-corrected chi connectivity index (χ4v) is 2.42. The number of aromatic nitrogens is 2. The Hall–Kier alpha value is -0.680. The van der Waals surface area contributed by atoms with Crippen LogP contribution < -0.4 is 5.32 Å². The van der Waals surface area contributed by atoms with Gasteiger partial charge < -0.3 is 10.4 Å². The second kappa shape index (κ2) is 4.67. The zero-order chi connectivity index (χ0) is 11.6. The number of aliphatic hydroxyl groups excluding tert-OH is 1. The number of hydrogen-bond donors (Lipinski definition) is 2. The number of halogens is 1. The van der Waals surface area contributed by atoms with Crippen LogP contribution in [0.15, 0.2) is 16.9 Å². The van der Waals surface area contributed by atoms with Gasteiger partial charge in [-0.05, 0) is 28.8 Å². The highest BCUT2D eigenvalue weighted by Gasteiger charge is 2.38. The van der Waals surface area contributed by atoms with Crippen LogP contribution in [-0.2, 0) is 0 Å². The second-order valence-electron chi connectivity index (χ2n) is 4.63. The molecule has 5 heteroatoms. The summed E-state index contributed by atoms with van der Waals surface area (Å²) in [5.74, 6) is 0.634. The summed E-state index contributed by atoms with van der Waals surface area (Å²) in [7, 11) is 0. The van der Waals surface area contributed by atoms with Crippen LogP contribution in [-0.4, -0.2) is 27.7 Å². The van der Waals surface area contributed by atoms with E-state index in [1.54, 1.807) is 12.4 Å². The minimum atomic E-state index is -0.0452. The highest BCUT2D eigenvalue weighted by Crippen LogP contribution is 2.38. The van der Waals surface area contributed by atoms with Crippen LogP contribution in [0.3, 0.4) is 0 Å². The molecule has 0 unspecified atom stereocenters. The molecule has 0 radical (unpaired) electrons. The van der Waals surface area contributed by atoms with Crippen LogP contribution in [0.1, 0.15) is 26.2 Å². The Labute approximate surface area is 104 Å². The van der Waals surface area contributed by atoms with Crippen molar-refractivity contribution < 1.29 is 5.11 Å². The summed E-state index contributed by atoms with van der Waals surface area (Å²) in [6.07, 6.45) is 6.71. The Morgan fingerprint density at radius 1 is 1.56 bits per heavy atom. The normalized spacial score (nSPS) is 29.3. The van der Waals surface area contributed by atoms with Gasteiger partial charge in [0.1, 0.15) is 0 Å². The fourth-order valence-electron chi connectivity index (χ4n) is 2.21. The first-order valence-corrected chi connectivity index (χ1v) is 6.28. The zero-order valence-corrected chi connectivity index (χ0v) is 10.9. The Morgan fingerprint density at radius 2 is 2.25 bits per heavy atom. The Bertz CT molecular complexity index is 357. The van der Waals surface area contributed by atoms with Gasteiger partial charge in [-0.15, -0.1) is 0 Å². The monoisotopic (exact) mass is 285 g/mol. The van der Waals surface area contributed by atoms with E-state index in [4.69, 9.17) is 0 Å². The quantitative estimate of drug-likeness (QED) is 0.894. The number of nitrogens with zero attached hydrogens (tertiary/aromatic N) is 2. The minimum Gasteiger partial charge on any atom is -0.396 e. The summed E-state index contributed by atoms with van der Waals surface area (Å²) in [4.78, 5) is 8.38. The molecule has 16 heavy (non-hydrogen) atoms. The summed E-state index contributed by atoms with van der Waals surface area (Å²) >= 11 is 3.30. The first-order valence-electron chi connectivity index (χ1n) is 5.49. The van der Waals surface area contributed by atoms with Gasteiger partial charge in [0.2, 0.25) is 5.95 Å². The molecule has 88 valence electrons. The van der Waals surface area contributed by atoms with Crippen molar-refractivity contribution in [2.45, 2.75) is 32.2 Å². The van der Waals surface area contributed by atoms with Gasteiger partial charge in [-0.1, -0.05) is 13.3 Å². The van der Waals surface area contributed by atoms with Crippen molar-refractivity contribution in [2.75, 3.05) is 11.9 Å². The van der Waals surface area contributed by atoms with Crippen LogP contribution in [0, 0.1) is 5.41 Å². The molecule has 0 aromatic carbocycles. The van der Waals surface area contributed by atoms with Gasteiger partial charge >= 0.3 is 0 Å². The number of nitrogens with one attached hydrogen (secondary N) is 1. The van der Waals surface area contributed by atoms with E-state index in [2.05, 4.69) is 38.1 Å². The molecule has 1 aliphatic carbocycles. The molecule has 1 aliphatic rings. The summed E-state index contributed by atoms with van der Waals surface area (Å²) < 4.78 is 0.870. The van der Waals surface area contributed by atoms with Crippen LogP contribution in [0.2, 0.25) is 0 Å². The molecule has 0 amide bonds. The van der Waals surface area contributed by atoms with Crippen LogP contribution >= 0.6 is 15.9 Å². The lowest BCUT2D eigenvalue weighted by Crippen LogP contribution is -2.36. The topological polar surface area (TPSA) is 58.0 Å². The molecule has 1 aromatic rings. The lowest BCUT2D eigenvalue weighted by atomic mass is 9.86. The lowest BCUT2D eigenvalue weighted by molar-refractivity contribution is 0.138. The molecule has 0 saturated heterocycles.